The fourth-order valence-electron chi connectivity index (χ4n) is 2.89. The van der Waals surface area contributed by atoms with Gasteiger partial charge in [0.2, 0.25) is 0 Å². The van der Waals surface area contributed by atoms with Crippen LogP contribution >= 0.6 is 128 Å². The lowest BCUT2D eigenvalue weighted by Crippen LogP contribution is -2.27. The van der Waals surface area contributed by atoms with E-state index >= 15 is 0 Å². The molecule has 1 heterocycles. The van der Waals surface area contributed by atoms with Crippen molar-refractivity contribution in [1.29, 1.82) is 0 Å². The molecular formula is C20H32N12O4P4S8. The Balaban J connectivity index is 4.82. The first-order chi connectivity index (χ1) is 22.3. The zero-order chi connectivity index (χ0) is 36.8. The molecule has 0 saturated heterocycles. The van der Waals surface area contributed by atoms with Crippen molar-refractivity contribution in [2.45, 2.75) is 79.8 Å². The van der Waals surface area contributed by atoms with Gasteiger partial charge < -0.3 is 18.9 Å². The second kappa shape index (κ2) is 20.7. The van der Waals surface area contributed by atoms with Gasteiger partial charge in [-0.15, -0.1) is 19.1 Å². The van der Waals surface area contributed by atoms with Gasteiger partial charge in [-0.3, -0.25) is 20.3 Å². The van der Waals surface area contributed by atoms with Crippen molar-refractivity contribution in [1.82, 2.24) is 20.3 Å². The van der Waals surface area contributed by atoms with Gasteiger partial charge in [0.05, 0.1) is 45.1 Å². The van der Waals surface area contributed by atoms with E-state index in [0.29, 0.717) is 0 Å². The predicted octanol–water partition coefficient (Wildman–Crippen LogP) is 9.39. The van der Waals surface area contributed by atoms with E-state index in [-0.39, 0.29) is 45.1 Å². The number of rotatable bonds is 12. The molecule has 1 aliphatic heterocycles. The molecular weight excluding hydrogens is 853 g/mol. The Bertz CT molecular complexity index is 1460. The van der Waals surface area contributed by atoms with Crippen LogP contribution in [-0.2, 0) is 18.9 Å². The van der Waals surface area contributed by atoms with Crippen molar-refractivity contribution >= 4 is 169 Å². The summed E-state index contributed by atoms with van der Waals surface area (Å²) in [4.78, 5) is 0. The van der Waals surface area contributed by atoms with E-state index in [1.54, 1.807) is 55.4 Å². The van der Waals surface area contributed by atoms with Gasteiger partial charge in [-0.05, 0) is 153 Å². The number of nitrogens with one attached hydrogen (secondary N) is 4. The molecule has 48 heavy (non-hydrogen) atoms. The molecule has 0 bridgehead atoms. The Morgan fingerprint density at radius 3 is 0.729 bits per heavy atom. The molecule has 4 N–H and O–H groups in total. The van der Waals surface area contributed by atoms with E-state index in [0.717, 1.165) is 0 Å². The molecule has 1 aliphatic rings. The Morgan fingerprint density at radius 1 is 0.438 bits per heavy atom. The molecule has 0 unspecified atom stereocenters. The van der Waals surface area contributed by atoms with Crippen molar-refractivity contribution in [3.63, 3.8) is 0 Å². The third-order valence-electron chi connectivity index (χ3n) is 4.05. The van der Waals surface area contributed by atoms with Crippen LogP contribution in [0.25, 0.3) is 0 Å². The first-order valence-corrected chi connectivity index (χ1v) is 23.1. The van der Waals surface area contributed by atoms with Gasteiger partial charge in [-0.2, -0.15) is 18.1 Å². The minimum atomic E-state index is -4.01. The van der Waals surface area contributed by atoms with Crippen LogP contribution in [0.4, 0.5) is 0 Å². The van der Waals surface area contributed by atoms with Gasteiger partial charge in [-0.1, -0.05) is 0 Å². The second-order valence-electron chi connectivity index (χ2n) is 9.66. The summed E-state index contributed by atoms with van der Waals surface area (Å²) < 4.78 is 59.8. The zero-order valence-corrected chi connectivity index (χ0v) is 36.7. The summed E-state index contributed by atoms with van der Waals surface area (Å²) in [6.45, 7) is 14.0. The first-order valence-electron chi connectivity index (χ1n) is 13.2. The maximum Gasteiger partial charge on any atom is 0.301 e. The number of hydrogen-bond donors (Lipinski definition) is 4. The molecule has 28 heteroatoms. The maximum absolute atomic E-state index is 5.70. The average molecular weight is 885 g/mol. The molecule has 1 rings (SSSR count). The van der Waals surface area contributed by atoms with Crippen LogP contribution in [0.3, 0.4) is 0 Å². The third kappa shape index (κ3) is 15.4. The Hall–Kier alpha value is -1.12. The predicted molar refractivity (Wildman–Crippen MR) is 225 cm³/mol. The zero-order valence-electron chi connectivity index (χ0n) is 26.6. The lowest BCUT2D eigenvalue weighted by Gasteiger charge is -2.30. The van der Waals surface area contributed by atoms with Gasteiger partial charge >= 0.3 is 30.0 Å². The Morgan fingerprint density at radius 2 is 0.604 bits per heavy atom. The molecule has 0 spiro atoms. The number of thiocarbonyl (C=S) groups is 8. The van der Waals surface area contributed by atoms with E-state index in [9.17, 15) is 0 Å². The van der Waals surface area contributed by atoms with Crippen molar-refractivity contribution < 1.29 is 18.9 Å². The number of nitrogens with zero attached hydrogens (tertiary/aromatic N) is 8. The van der Waals surface area contributed by atoms with Crippen molar-refractivity contribution in [3.05, 3.63) is 0 Å². The van der Waals surface area contributed by atoms with Crippen LogP contribution in [-0.4, -0.2) is 65.8 Å². The summed E-state index contributed by atoms with van der Waals surface area (Å²) in [6.07, 6.45) is -1.50. The van der Waals surface area contributed by atoms with E-state index < -0.39 is 30.0 Å². The summed E-state index contributed by atoms with van der Waals surface area (Å²) in [5, 5.41) is 20.2. The van der Waals surface area contributed by atoms with Crippen LogP contribution in [0.2, 0.25) is 0 Å². The maximum atomic E-state index is 5.70. The van der Waals surface area contributed by atoms with Crippen molar-refractivity contribution in [3.8, 4) is 0 Å². The highest BCUT2D eigenvalue weighted by Crippen LogP contribution is 2.76. The average Bonchev–Trinajstić information content (AvgIpc) is 2.85. The highest BCUT2D eigenvalue weighted by atomic mass is 32.1. The summed E-state index contributed by atoms with van der Waals surface area (Å²) in [5.41, 5.74) is 0. The van der Waals surface area contributed by atoms with Gasteiger partial charge in [-0.25, -0.2) is 0 Å². The molecule has 0 aliphatic carbocycles. The van der Waals surface area contributed by atoms with Gasteiger partial charge in [0.15, 0.2) is 0 Å². The fraction of sp³-hybridized carbons (Fsp3) is 0.600. The molecule has 0 saturated carbocycles. The van der Waals surface area contributed by atoms with E-state index in [1.165, 1.54) is 0 Å². The smallest absolute Gasteiger partial charge is 0.301 e. The van der Waals surface area contributed by atoms with Crippen LogP contribution < -0.4 is 20.3 Å². The topological polar surface area (TPSA) is 184 Å². The first kappa shape index (κ1) is 44.9. The molecule has 0 atom stereocenters. The lowest BCUT2D eigenvalue weighted by molar-refractivity contribution is 0.228. The molecule has 16 nitrogen and oxygen atoms in total. The number of isothiocyanates is 4. The SMILES string of the molecule is CC(C)OC(=S)NP1(N=C=S)=NP(N=C=S)(NC(=S)OC(C)C)=NP(N=C=S)(NC(=S)OC(C)C)=NP(N=C=S)(NC(=S)OC(C)C)=N1. The highest BCUT2D eigenvalue weighted by molar-refractivity contribution is 7.89. The summed E-state index contributed by atoms with van der Waals surface area (Å²) in [5.74, 6) is 0. The molecule has 0 aromatic rings. The number of hydrogen-bond acceptors (Lipinski definition) is 20. The molecule has 0 radical (unpaired) electrons. The monoisotopic (exact) mass is 884 g/mol. The van der Waals surface area contributed by atoms with Crippen LogP contribution in [0, 0.1) is 0 Å². The number of ether oxygens (including phenoxy) is 4. The van der Waals surface area contributed by atoms with Crippen molar-refractivity contribution in [2.75, 3.05) is 0 Å². The molecule has 0 aromatic heterocycles. The third-order valence-corrected chi connectivity index (χ3v) is 17.9. The minimum Gasteiger partial charge on any atom is -0.468 e. The fourth-order valence-corrected chi connectivity index (χ4v) is 18.5. The van der Waals surface area contributed by atoms with Crippen molar-refractivity contribution in [2.24, 2.45) is 37.1 Å². The molecule has 264 valence electrons. The largest absolute Gasteiger partial charge is 0.468 e. The summed E-state index contributed by atoms with van der Waals surface area (Å²) in [7, 11) is -16.0. The van der Waals surface area contributed by atoms with E-state index in [4.69, 9.17) is 135 Å². The Labute approximate surface area is 322 Å². The van der Waals surface area contributed by atoms with Gasteiger partial charge in [0.25, 0.3) is 20.7 Å². The highest BCUT2D eigenvalue weighted by Gasteiger charge is 2.41. The van der Waals surface area contributed by atoms with Crippen LogP contribution in [0.1, 0.15) is 55.4 Å². The molecule has 0 fully saturated rings. The standard InChI is InChI=1S/C20H32N12O4P4S8/c1-13(2)33-17(45)25-37(21-9-41)29-38(22-10-42,26-18(46)34-14(3)4)31-40(24-12-44,28-20(48)36-16(7)8)32-39(30-37,23-11-43)27-19(47)35-15(5)6/h13-16H,1-8H3,(H,25,45)(H,26,46)(H,27,47)(H,28,48). The minimum absolute atomic E-state index is 0.182. The van der Waals surface area contributed by atoms with Gasteiger partial charge in [0.1, 0.15) is 0 Å². The summed E-state index contributed by atoms with van der Waals surface area (Å²) in [6, 6.07) is 0. The Kier molecular flexibility index (Phi) is 19.3. The van der Waals surface area contributed by atoms with Crippen LogP contribution in [0.5, 0.6) is 0 Å². The van der Waals surface area contributed by atoms with Crippen LogP contribution in [0.15, 0.2) is 37.1 Å². The quantitative estimate of drug-likeness (QED) is 0.0825. The normalized spacial score (nSPS) is 24.2. The molecule has 0 amide bonds. The molecule has 0 aromatic carbocycles. The summed E-state index contributed by atoms with van der Waals surface area (Å²) >= 11 is 42.1. The lowest BCUT2D eigenvalue weighted by atomic mass is 10.5. The van der Waals surface area contributed by atoms with Gasteiger partial charge in [0, 0.05) is 0 Å². The van der Waals surface area contributed by atoms with E-state index in [2.05, 4.69) is 60.0 Å². The van der Waals surface area contributed by atoms with E-state index in [1.807, 2.05) is 0 Å². The second-order valence-corrected chi connectivity index (χ2v) is 21.0.